The summed E-state index contributed by atoms with van der Waals surface area (Å²) in [6.45, 7) is 4.74. The number of rotatable bonds is 2. The van der Waals surface area contributed by atoms with E-state index in [2.05, 4.69) is 22.5 Å². The third-order valence-electron chi connectivity index (χ3n) is 5.03. The van der Waals surface area contributed by atoms with Gasteiger partial charge in [-0.25, -0.2) is 14.8 Å². The van der Waals surface area contributed by atoms with Crippen molar-refractivity contribution in [3.63, 3.8) is 0 Å². The lowest BCUT2D eigenvalue weighted by Gasteiger charge is -2.08. The quantitative estimate of drug-likeness (QED) is 0.645. The van der Waals surface area contributed by atoms with Gasteiger partial charge in [-0.05, 0) is 43.4 Å². The fourth-order valence-electron chi connectivity index (χ4n) is 3.37. The number of anilines is 2. The van der Waals surface area contributed by atoms with Crippen molar-refractivity contribution >= 4 is 50.0 Å². The smallest absolute Gasteiger partial charge is 0.299 e. The summed E-state index contributed by atoms with van der Waals surface area (Å²) < 4.78 is 1.80. The summed E-state index contributed by atoms with van der Waals surface area (Å²) in [5.74, 6) is 1.81. The molecule has 2 amide bonds. The van der Waals surface area contributed by atoms with Crippen molar-refractivity contribution in [2.45, 2.75) is 39.7 Å². The summed E-state index contributed by atoms with van der Waals surface area (Å²) in [5.41, 5.74) is 0.722. The fraction of sp³-hybridized carbons (Fsp3) is 0.368. The Labute approximate surface area is 170 Å². The molecule has 0 saturated carbocycles. The topological polar surface area (TPSA) is 88.9 Å². The molecule has 4 heterocycles. The number of aromatic nitrogens is 3. The number of nitrogens with one attached hydrogen (secondary N) is 2. The van der Waals surface area contributed by atoms with E-state index in [0.717, 1.165) is 30.7 Å². The number of aryl methyl sites for hydroxylation is 2. The molecule has 4 rings (SSSR count). The van der Waals surface area contributed by atoms with Crippen LogP contribution in [-0.4, -0.2) is 20.6 Å². The number of hydrogen-bond donors (Lipinski definition) is 2. The zero-order chi connectivity index (χ0) is 19.8. The van der Waals surface area contributed by atoms with Crippen LogP contribution in [0.25, 0.3) is 10.2 Å². The first-order valence-corrected chi connectivity index (χ1v) is 10.3. The van der Waals surface area contributed by atoms with Crippen LogP contribution in [-0.2, 0) is 13.0 Å². The Kier molecular flexibility index (Phi) is 5.07. The summed E-state index contributed by atoms with van der Waals surface area (Å²) in [6, 6.07) is 2.83. The summed E-state index contributed by atoms with van der Waals surface area (Å²) in [7, 11) is 0. The molecule has 0 aromatic carbocycles. The van der Waals surface area contributed by atoms with Gasteiger partial charge in [-0.1, -0.05) is 29.9 Å². The highest BCUT2D eigenvalue weighted by molar-refractivity contribution is 7.22. The number of carbonyl (C=O) groups excluding carboxylic acids is 1. The minimum Gasteiger partial charge on any atom is -0.299 e. The van der Waals surface area contributed by atoms with E-state index in [9.17, 15) is 9.59 Å². The van der Waals surface area contributed by atoms with E-state index in [1.54, 1.807) is 16.7 Å². The van der Waals surface area contributed by atoms with Gasteiger partial charge in [-0.15, -0.1) is 0 Å². The van der Waals surface area contributed by atoms with Crippen LogP contribution in [0.2, 0.25) is 5.02 Å². The lowest BCUT2D eigenvalue weighted by molar-refractivity contribution is 0.262. The average molecular weight is 418 g/mol. The first kappa shape index (κ1) is 18.9. The molecule has 0 unspecified atom stereocenters. The first-order chi connectivity index (χ1) is 13.4. The summed E-state index contributed by atoms with van der Waals surface area (Å²) >= 11 is 7.12. The van der Waals surface area contributed by atoms with Crippen LogP contribution in [0.4, 0.5) is 15.6 Å². The van der Waals surface area contributed by atoms with Gasteiger partial charge >= 0.3 is 6.03 Å². The van der Waals surface area contributed by atoms with Gasteiger partial charge < -0.3 is 0 Å². The van der Waals surface area contributed by atoms with E-state index in [0.29, 0.717) is 38.5 Å². The standard InChI is InChI=1S/C19H20ClN5O2S/c1-10-3-6-14-23-17-15(18(26)25(14)8-7-10)11(2)16(28-17)24-19(27)22-13-5-4-12(20)9-21-13/h4-5,9-10H,3,6-8H2,1-2H3,(H2,21,22,24,27)/t10-/m1/s1. The van der Waals surface area contributed by atoms with E-state index in [1.807, 2.05) is 6.92 Å². The Bertz CT molecular complexity index is 1110. The van der Waals surface area contributed by atoms with E-state index in [4.69, 9.17) is 16.6 Å². The molecule has 0 fully saturated rings. The number of thiophene rings is 1. The van der Waals surface area contributed by atoms with Gasteiger partial charge in [-0.3, -0.25) is 20.0 Å². The largest absolute Gasteiger partial charge is 0.325 e. The number of nitrogens with zero attached hydrogens (tertiary/aromatic N) is 3. The second-order valence-corrected chi connectivity index (χ2v) is 8.53. The minimum absolute atomic E-state index is 0.0179. The van der Waals surface area contributed by atoms with Gasteiger partial charge in [0.25, 0.3) is 5.56 Å². The van der Waals surface area contributed by atoms with Gasteiger partial charge in [0.15, 0.2) is 0 Å². The number of carbonyl (C=O) groups is 1. The predicted molar refractivity (Wildman–Crippen MR) is 113 cm³/mol. The normalized spacial score (nSPS) is 16.5. The number of urea groups is 1. The number of hydrogen-bond acceptors (Lipinski definition) is 5. The molecule has 3 aromatic rings. The Hall–Kier alpha value is -2.45. The van der Waals surface area contributed by atoms with Gasteiger partial charge in [0.1, 0.15) is 21.5 Å². The molecule has 1 aliphatic heterocycles. The van der Waals surface area contributed by atoms with Crippen molar-refractivity contribution in [3.8, 4) is 0 Å². The highest BCUT2D eigenvalue weighted by Gasteiger charge is 2.21. The van der Waals surface area contributed by atoms with Crippen LogP contribution >= 0.6 is 22.9 Å². The van der Waals surface area contributed by atoms with E-state index in [-0.39, 0.29) is 5.56 Å². The molecule has 146 valence electrons. The third-order valence-corrected chi connectivity index (χ3v) is 6.36. The molecule has 0 saturated heterocycles. The van der Waals surface area contributed by atoms with Crippen molar-refractivity contribution in [2.75, 3.05) is 10.6 Å². The molecule has 28 heavy (non-hydrogen) atoms. The number of amides is 2. The number of halogens is 1. The van der Waals surface area contributed by atoms with Crippen molar-refractivity contribution < 1.29 is 4.79 Å². The monoisotopic (exact) mass is 417 g/mol. The van der Waals surface area contributed by atoms with Crippen LogP contribution < -0.4 is 16.2 Å². The van der Waals surface area contributed by atoms with Gasteiger partial charge in [0.05, 0.1) is 10.4 Å². The maximum atomic E-state index is 13.1. The SMILES string of the molecule is Cc1c(NC(=O)Nc2ccc(Cl)cn2)sc2nc3n(c(=O)c12)CC[C@H](C)CC3. The molecule has 9 heteroatoms. The Balaban J connectivity index is 1.63. The Morgan fingerprint density at radius 1 is 1.32 bits per heavy atom. The molecule has 0 bridgehead atoms. The second kappa shape index (κ2) is 7.52. The van der Waals surface area contributed by atoms with Crippen molar-refractivity contribution in [1.82, 2.24) is 14.5 Å². The minimum atomic E-state index is -0.431. The number of pyridine rings is 1. The van der Waals surface area contributed by atoms with Crippen molar-refractivity contribution in [3.05, 3.63) is 45.1 Å². The molecular formula is C19H20ClN5O2S. The van der Waals surface area contributed by atoms with Crippen molar-refractivity contribution in [2.24, 2.45) is 5.92 Å². The van der Waals surface area contributed by atoms with Gasteiger partial charge in [0.2, 0.25) is 0 Å². The molecule has 0 spiro atoms. The summed E-state index contributed by atoms with van der Waals surface area (Å²) in [6.07, 6.45) is 4.27. The number of fused-ring (bicyclic) bond motifs is 2. The second-order valence-electron chi connectivity index (χ2n) is 7.09. The fourth-order valence-corrected chi connectivity index (χ4v) is 4.57. The van der Waals surface area contributed by atoms with Crippen LogP contribution in [0.15, 0.2) is 23.1 Å². The molecule has 1 atom stereocenters. The lowest BCUT2D eigenvalue weighted by Crippen LogP contribution is -2.24. The predicted octanol–water partition coefficient (Wildman–Crippen LogP) is 4.43. The van der Waals surface area contributed by atoms with E-state index in [1.165, 1.54) is 17.5 Å². The summed E-state index contributed by atoms with van der Waals surface area (Å²) in [5, 5.41) is 7.15. The van der Waals surface area contributed by atoms with Crippen LogP contribution in [0.5, 0.6) is 0 Å². The Morgan fingerprint density at radius 3 is 2.89 bits per heavy atom. The molecular weight excluding hydrogens is 398 g/mol. The zero-order valence-corrected chi connectivity index (χ0v) is 17.2. The zero-order valence-electron chi connectivity index (χ0n) is 15.6. The highest BCUT2D eigenvalue weighted by Crippen LogP contribution is 2.33. The van der Waals surface area contributed by atoms with Crippen LogP contribution in [0.1, 0.15) is 31.2 Å². The molecule has 7 nitrogen and oxygen atoms in total. The lowest BCUT2D eigenvalue weighted by atomic mass is 10.0. The molecule has 1 aliphatic rings. The van der Waals surface area contributed by atoms with Gasteiger partial charge in [0, 0.05) is 19.2 Å². The third kappa shape index (κ3) is 3.62. The summed E-state index contributed by atoms with van der Waals surface area (Å²) in [4.78, 5) is 34.8. The van der Waals surface area contributed by atoms with Crippen LogP contribution in [0, 0.1) is 12.8 Å². The van der Waals surface area contributed by atoms with Crippen LogP contribution in [0.3, 0.4) is 0 Å². The molecule has 0 radical (unpaired) electrons. The maximum absolute atomic E-state index is 13.1. The molecule has 2 N–H and O–H groups in total. The average Bonchev–Trinajstić information content (AvgIpc) is 2.83. The van der Waals surface area contributed by atoms with Gasteiger partial charge in [-0.2, -0.15) is 0 Å². The van der Waals surface area contributed by atoms with E-state index < -0.39 is 6.03 Å². The molecule has 0 aliphatic carbocycles. The Morgan fingerprint density at radius 2 is 2.14 bits per heavy atom. The molecule has 3 aromatic heterocycles. The first-order valence-electron chi connectivity index (χ1n) is 9.14. The van der Waals surface area contributed by atoms with Crippen molar-refractivity contribution in [1.29, 1.82) is 0 Å². The maximum Gasteiger partial charge on any atom is 0.325 e. The van der Waals surface area contributed by atoms with E-state index >= 15 is 0 Å². The highest BCUT2D eigenvalue weighted by atomic mass is 35.5.